The van der Waals surface area contributed by atoms with Crippen LogP contribution in [0.25, 0.3) is 0 Å². The van der Waals surface area contributed by atoms with Crippen LogP contribution in [-0.2, 0) is 27.4 Å². The lowest BCUT2D eigenvalue weighted by Crippen LogP contribution is -2.42. The summed E-state index contributed by atoms with van der Waals surface area (Å²) in [6, 6.07) is 25.1. The minimum absolute atomic E-state index is 0.0296. The highest BCUT2D eigenvalue weighted by molar-refractivity contribution is 5.87. The van der Waals surface area contributed by atoms with Gasteiger partial charge in [-0.05, 0) is 35.7 Å². The summed E-state index contributed by atoms with van der Waals surface area (Å²) < 4.78 is 5.81. The molecule has 0 heterocycles. The molecule has 3 aromatic carbocycles. The fourth-order valence-corrected chi connectivity index (χ4v) is 3.57. The summed E-state index contributed by atoms with van der Waals surface area (Å²) in [5, 5.41) is 15.0. The summed E-state index contributed by atoms with van der Waals surface area (Å²) >= 11 is 0. The van der Waals surface area contributed by atoms with Crippen LogP contribution in [0.4, 0.5) is 0 Å². The Kier molecular flexibility index (Phi) is 9.42. The molecule has 0 aliphatic rings. The third-order valence-electron chi connectivity index (χ3n) is 5.48. The summed E-state index contributed by atoms with van der Waals surface area (Å²) in [7, 11) is 0. The maximum Gasteiger partial charge on any atom is 0.326 e. The first-order valence-corrected chi connectivity index (χ1v) is 11.5. The number of rotatable bonds is 12. The predicted octanol–water partition coefficient (Wildman–Crippen LogP) is 4.04. The minimum Gasteiger partial charge on any atom is -0.489 e. The Hall–Kier alpha value is -4.13. The van der Waals surface area contributed by atoms with Crippen LogP contribution in [0.3, 0.4) is 0 Å². The van der Waals surface area contributed by atoms with Crippen LogP contribution in [-0.4, -0.2) is 28.9 Å². The van der Waals surface area contributed by atoms with E-state index in [0.29, 0.717) is 12.4 Å². The predicted molar refractivity (Wildman–Crippen MR) is 133 cm³/mol. The highest BCUT2D eigenvalue weighted by atomic mass is 16.5. The first-order valence-electron chi connectivity index (χ1n) is 11.5. The molecule has 3 N–H and O–H groups in total. The van der Waals surface area contributed by atoms with Crippen molar-refractivity contribution in [2.24, 2.45) is 0 Å². The first kappa shape index (κ1) is 25.5. The van der Waals surface area contributed by atoms with Crippen LogP contribution >= 0.6 is 0 Å². The lowest BCUT2D eigenvalue weighted by atomic mass is 10.1. The number of nitrogens with one attached hydrogen (secondary N) is 2. The molecule has 0 bridgehead atoms. The van der Waals surface area contributed by atoms with E-state index in [4.69, 9.17) is 4.74 Å². The topological polar surface area (TPSA) is 105 Å². The molecule has 2 atom stereocenters. The summed E-state index contributed by atoms with van der Waals surface area (Å²) in [4.78, 5) is 36.3. The summed E-state index contributed by atoms with van der Waals surface area (Å²) in [5.74, 6) is -1.29. The average Bonchev–Trinajstić information content (AvgIpc) is 2.87. The molecule has 3 rings (SSSR count). The van der Waals surface area contributed by atoms with Gasteiger partial charge in [0.05, 0.1) is 6.04 Å². The van der Waals surface area contributed by atoms with Gasteiger partial charge < -0.3 is 20.5 Å². The van der Waals surface area contributed by atoms with E-state index in [1.165, 1.54) is 0 Å². The molecule has 0 aromatic heterocycles. The molecule has 3 aromatic rings. The van der Waals surface area contributed by atoms with Crippen molar-refractivity contribution in [3.63, 3.8) is 0 Å². The Morgan fingerprint density at radius 2 is 1.40 bits per heavy atom. The van der Waals surface area contributed by atoms with Gasteiger partial charge in [-0.25, -0.2) is 4.79 Å². The SMILES string of the molecule is C[C@@H](NC(=O)CCC(=O)N[C@H](Cc1cccc(OCc2ccccc2)c1)C(=O)O)c1ccccc1. The molecular formula is C28H30N2O5. The molecule has 2 amide bonds. The summed E-state index contributed by atoms with van der Waals surface area (Å²) in [6.45, 7) is 2.26. The third-order valence-corrected chi connectivity index (χ3v) is 5.48. The molecule has 182 valence electrons. The van der Waals surface area contributed by atoms with Gasteiger partial charge in [0.25, 0.3) is 0 Å². The molecule has 0 saturated heterocycles. The Morgan fingerprint density at radius 3 is 2.06 bits per heavy atom. The molecule has 0 radical (unpaired) electrons. The number of carboxylic acids is 1. The summed E-state index contributed by atoms with van der Waals surface area (Å²) in [5.41, 5.74) is 2.71. The molecule has 7 heteroatoms. The maximum atomic E-state index is 12.4. The molecule has 0 fully saturated rings. The Labute approximate surface area is 205 Å². The van der Waals surface area contributed by atoms with Gasteiger partial charge in [0.2, 0.25) is 11.8 Å². The highest BCUT2D eigenvalue weighted by Crippen LogP contribution is 2.17. The van der Waals surface area contributed by atoms with Gasteiger partial charge in [0.1, 0.15) is 18.4 Å². The quantitative estimate of drug-likeness (QED) is 0.368. The van der Waals surface area contributed by atoms with Gasteiger partial charge in [-0.3, -0.25) is 9.59 Å². The van der Waals surface area contributed by atoms with Crippen LogP contribution in [0.2, 0.25) is 0 Å². The van der Waals surface area contributed by atoms with Crippen LogP contribution in [0, 0.1) is 0 Å². The van der Waals surface area contributed by atoms with E-state index >= 15 is 0 Å². The number of ether oxygens (including phenoxy) is 1. The molecule has 35 heavy (non-hydrogen) atoms. The van der Waals surface area contributed by atoms with Crippen molar-refractivity contribution in [3.05, 3.63) is 102 Å². The molecule has 0 aliphatic carbocycles. The van der Waals surface area contributed by atoms with Crippen molar-refractivity contribution >= 4 is 17.8 Å². The lowest BCUT2D eigenvalue weighted by molar-refractivity contribution is -0.141. The number of benzene rings is 3. The molecule has 0 saturated carbocycles. The fraction of sp³-hybridized carbons (Fsp3) is 0.250. The Morgan fingerprint density at radius 1 is 0.800 bits per heavy atom. The standard InChI is InChI=1S/C28H30N2O5/c1-20(23-12-6-3-7-13-23)29-26(31)15-16-27(32)30-25(28(33)34)18-22-11-8-14-24(17-22)35-19-21-9-4-2-5-10-21/h2-14,17,20,25H,15-16,18-19H2,1H3,(H,29,31)(H,30,32)(H,33,34)/t20-,25-/m1/s1. The smallest absolute Gasteiger partial charge is 0.326 e. The second-order valence-corrected chi connectivity index (χ2v) is 8.28. The molecular weight excluding hydrogens is 444 g/mol. The van der Waals surface area contributed by atoms with Crippen molar-refractivity contribution in [1.29, 1.82) is 0 Å². The second kappa shape index (κ2) is 12.9. The Balaban J connectivity index is 1.48. The first-order chi connectivity index (χ1) is 16.9. The van der Waals surface area contributed by atoms with Gasteiger partial charge >= 0.3 is 5.97 Å². The zero-order valence-electron chi connectivity index (χ0n) is 19.6. The normalized spacial score (nSPS) is 12.3. The number of hydrogen-bond donors (Lipinski definition) is 3. The van der Waals surface area contributed by atoms with Crippen molar-refractivity contribution in [1.82, 2.24) is 10.6 Å². The Bertz CT molecular complexity index is 1120. The van der Waals surface area contributed by atoms with Crippen molar-refractivity contribution in [2.75, 3.05) is 0 Å². The van der Waals surface area contributed by atoms with Gasteiger partial charge in [-0.15, -0.1) is 0 Å². The number of carbonyl (C=O) groups excluding carboxylic acids is 2. The van der Waals surface area contributed by atoms with Crippen LogP contribution < -0.4 is 15.4 Å². The van der Waals surface area contributed by atoms with Crippen LogP contribution in [0.15, 0.2) is 84.9 Å². The largest absolute Gasteiger partial charge is 0.489 e. The van der Waals surface area contributed by atoms with Crippen LogP contribution in [0.5, 0.6) is 5.75 Å². The second-order valence-electron chi connectivity index (χ2n) is 8.28. The van der Waals surface area contributed by atoms with E-state index in [1.54, 1.807) is 24.3 Å². The zero-order chi connectivity index (χ0) is 25.0. The van der Waals surface area contributed by atoms with E-state index in [9.17, 15) is 19.5 Å². The number of carbonyl (C=O) groups is 3. The molecule has 0 spiro atoms. The van der Waals surface area contributed by atoms with Gasteiger partial charge in [-0.2, -0.15) is 0 Å². The fourth-order valence-electron chi connectivity index (χ4n) is 3.57. The van der Waals surface area contributed by atoms with E-state index in [2.05, 4.69) is 10.6 Å². The monoisotopic (exact) mass is 474 g/mol. The van der Waals surface area contributed by atoms with E-state index in [0.717, 1.165) is 16.7 Å². The maximum absolute atomic E-state index is 12.4. The van der Waals surface area contributed by atoms with Crippen molar-refractivity contribution in [2.45, 2.75) is 44.9 Å². The number of aliphatic carboxylic acids is 1. The molecule has 0 unspecified atom stereocenters. The number of carboxylic acid groups (broad SMARTS) is 1. The average molecular weight is 475 g/mol. The minimum atomic E-state index is -1.14. The number of amides is 2. The summed E-state index contributed by atoms with van der Waals surface area (Å²) in [6.07, 6.45) is -0.0314. The van der Waals surface area contributed by atoms with Crippen molar-refractivity contribution < 1.29 is 24.2 Å². The lowest BCUT2D eigenvalue weighted by Gasteiger charge is -2.16. The van der Waals surface area contributed by atoms with Crippen molar-refractivity contribution in [3.8, 4) is 5.75 Å². The highest BCUT2D eigenvalue weighted by Gasteiger charge is 2.21. The van der Waals surface area contributed by atoms with E-state index in [1.807, 2.05) is 67.6 Å². The van der Waals surface area contributed by atoms with E-state index in [-0.39, 0.29) is 31.2 Å². The number of hydrogen-bond acceptors (Lipinski definition) is 4. The van der Waals surface area contributed by atoms with Gasteiger partial charge in [0, 0.05) is 19.3 Å². The zero-order valence-corrected chi connectivity index (χ0v) is 19.6. The third kappa shape index (κ3) is 8.62. The molecule has 0 aliphatic heterocycles. The van der Waals surface area contributed by atoms with Crippen LogP contribution in [0.1, 0.15) is 42.5 Å². The van der Waals surface area contributed by atoms with Gasteiger partial charge in [0.15, 0.2) is 0 Å². The van der Waals surface area contributed by atoms with Gasteiger partial charge in [-0.1, -0.05) is 72.8 Å². The molecule has 7 nitrogen and oxygen atoms in total. The van der Waals surface area contributed by atoms with E-state index < -0.39 is 17.9 Å².